The van der Waals surface area contributed by atoms with Crippen LogP contribution in [0.15, 0.2) is 42.5 Å². The van der Waals surface area contributed by atoms with Crippen LogP contribution in [0.5, 0.6) is 5.75 Å². The number of hydrogen-bond donors (Lipinski definition) is 1. The molecule has 0 radical (unpaired) electrons. The summed E-state index contributed by atoms with van der Waals surface area (Å²) in [4.78, 5) is 11.8. The highest BCUT2D eigenvalue weighted by Crippen LogP contribution is 2.53. The van der Waals surface area contributed by atoms with Crippen LogP contribution >= 0.6 is 11.6 Å². The summed E-state index contributed by atoms with van der Waals surface area (Å²) < 4.78 is 11.1. The highest BCUT2D eigenvalue weighted by Gasteiger charge is 2.46. The first kappa shape index (κ1) is 22.9. The van der Waals surface area contributed by atoms with Crippen molar-refractivity contribution in [2.45, 2.75) is 63.3 Å². The number of benzene rings is 2. The fourth-order valence-corrected chi connectivity index (χ4v) is 5.00. The maximum absolute atomic E-state index is 11.8. The smallest absolute Gasteiger partial charge is 0.337 e. The molecule has 0 bridgehead atoms. The highest BCUT2D eigenvalue weighted by molar-refractivity contribution is 6.74. The summed E-state index contributed by atoms with van der Waals surface area (Å²) in [7, 11) is -0.586. The quantitative estimate of drug-likeness (QED) is 0.434. The van der Waals surface area contributed by atoms with Crippen LogP contribution in [0.1, 0.15) is 61.0 Å². The number of ether oxygens (including phenoxy) is 1. The fraction of sp³-hybridized carbons (Fsp3) is 0.458. The van der Waals surface area contributed by atoms with Crippen molar-refractivity contribution < 1.29 is 19.1 Å². The van der Waals surface area contributed by atoms with Crippen LogP contribution in [0.25, 0.3) is 0 Å². The van der Waals surface area contributed by atoms with Crippen molar-refractivity contribution >= 4 is 25.9 Å². The van der Waals surface area contributed by atoms with Crippen molar-refractivity contribution in [1.82, 2.24) is 0 Å². The van der Waals surface area contributed by atoms with E-state index in [1.165, 1.54) is 7.11 Å². The molecule has 1 saturated carbocycles. The summed E-state index contributed by atoms with van der Waals surface area (Å²) in [5.74, 6) is 0.561. The minimum absolute atomic E-state index is 0.0935. The van der Waals surface area contributed by atoms with Crippen molar-refractivity contribution in [1.29, 1.82) is 0 Å². The number of aliphatic hydroxyl groups is 1. The summed E-state index contributed by atoms with van der Waals surface area (Å²) >= 11 is 6.56. The van der Waals surface area contributed by atoms with Crippen molar-refractivity contribution in [3.05, 3.63) is 64.2 Å². The lowest BCUT2D eigenvalue weighted by Crippen LogP contribution is -2.44. The van der Waals surface area contributed by atoms with E-state index < -0.39 is 13.9 Å². The van der Waals surface area contributed by atoms with E-state index in [1.807, 2.05) is 36.4 Å². The first-order valence-electron chi connectivity index (χ1n) is 10.3. The molecule has 162 valence electrons. The van der Waals surface area contributed by atoms with E-state index in [0.29, 0.717) is 23.4 Å². The molecule has 1 fully saturated rings. The van der Waals surface area contributed by atoms with Crippen LogP contribution in [0.2, 0.25) is 23.2 Å². The normalized spacial score (nSPS) is 21.7. The van der Waals surface area contributed by atoms with E-state index in [4.69, 9.17) is 20.8 Å². The molecule has 0 aromatic heterocycles. The summed E-state index contributed by atoms with van der Waals surface area (Å²) in [6.45, 7) is 11.0. The lowest BCUT2D eigenvalue weighted by Gasteiger charge is -2.45. The van der Waals surface area contributed by atoms with Gasteiger partial charge in [0.15, 0.2) is 0 Å². The van der Waals surface area contributed by atoms with Gasteiger partial charge in [0.2, 0.25) is 8.32 Å². The minimum Gasteiger partial charge on any atom is -0.543 e. The van der Waals surface area contributed by atoms with Crippen LogP contribution in [-0.4, -0.2) is 26.5 Å². The number of rotatable bonds is 5. The van der Waals surface area contributed by atoms with Gasteiger partial charge in [0.05, 0.1) is 23.3 Å². The lowest BCUT2D eigenvalue weighted by molar-refractivity contribution is -0.0549. The molecule has 0 unspecified atom stereocenters. The fourth-order valence-electron chi connectivity index (χ4n) is 3.63. The maximum Gasteiger partial charge on any atom is 0.337 e. The van der Waals surface area contributed by atoms with Gasteiger partial charge in [-0.25, -0.2) is 4.79 Å². The number of methoxy groups -OCH3 is 1. The van der Waals surface area contributed by atoms with Crippen LogP contribution in [0.4, 0.5) is 0 Å². The van der Waals surface area contributed by atoms with E-state index >= 15 is 0 Å². The van der Waals surface area contributed by atoms with Gasteiger partial charge < -0.3 is 14.3 Å². The van der Waals surface area contributed by atoms with Gasteiger partial charge in [0, 0.05) is 5.56 Å². The molecule has 1 N–H and O–H groups in total. The molecule has 6 heteroatoms. The third-order valence-corrected chi connectivity index (χ3v) is 11.2. The Kier molecular flexibility index (Phi) is 6.11. The molecule has 0 atom stereocenters. The zero-order chi connectivity index (χ0) is 22.3. The van der Waals surface area contributed by atoms with Gasteiger partial charge in [0.25, 0.3) is 0 Å². The Morgan fingerprint density at radius 3 is 2.40 bits per heavy atom. The Hall–Kier alpha value is -1.82. The second-order valence-corrected chi connectivity index (χ2v) is 14.9. The van der Waals surface area contributed by atoms with Crippen LogP contribution in [0.3, 0.4) is 0 Å². The van der Waals surface area contributed by atoms with Gasteiger partial charge in [-0.05, 0) is 66.7 Å². The first-order chi connectivity index (χ1) is 13.9. The van der Waals surface area contributed by atoms with Gasteiger partial charge in [-0.2, -0.15) is 0 Å². The number of carbonyl (C=O) groups excluding carboxylic acids is 1. The van der Waals surface area contributed by atoms with Crippen LogP contribution < -0.4 is 4.43 Å². The Morgan fingerprint density at radius 2 is 1.83 bits per heavy atom. The third kappa shape index (κ3) is 4.43. The molecular weight excluding hydrogens is 416 g/mol. The van der Waals surface area contributed by atoms with E-state index in [2.05, 4.69) is 33.9 Å². The Bertz CT molecular complexity index is 942. The zero-order valence-electron chi connectivity index (χ0n) is 18.6. The Balaban J connectivity index is 1.74. The summed E-state index contributed by atoms with van der Waals surface area (Å²) in [6, 6.07) is 13.0. The Labute approximate surface area is 185 Å². The average Bonchev–Trinajstić information content (AvgIpc) is 2.64. The zero-order valence-corrected chi connectivity index (χ0v) is 20.3. The van der Waals surface area contributed by atoms with Gasteiger partial charge >= 0.3 is 5.97 Å². The standard InChI is InChI=1S/C24H31ClO4Si/c1-23(2,3)30(5,6)29-19-10-11-20(21(25)13-19)24(27)14-18(15-24)16-8-7-9-17(12-16)22(26)28-4/h7-13,18,27H,14-15H2,1-6H3. The molecule has 3 rings (SSSR count). The number of hydrogen-bond acceptors (Lipinski definition) is 4. The summed E-state index contributed by atoms with van der Waals surface area (Å²) in [5, 5.41) is 11.8. The predicted octanol–water partition coefficient (Wildman–Crippen LogP) is 6.28. The molecule has 0 amide bonds. The molecular formula is C24H31ClO4Si. The van der Waals surface area contributed by atoms with Crippen molar-refractivity contribution in [3.8, 4) is 5.75 Å². The van der Waals surface area contributed by atoms with Gasteiger partial charge in [-0.3, -0.25) is 0 Å². The minimum atomic E-state index is -1.96. The largest absolute Gasteiger partial charge is 0.543 e. The Morgan fingerprint density at radius 1 is 1.17 bits per heavy atom. The predicted molar refractivity (Wildman–Crippen MR) is 123 cm³/mol. The molecule has 0 aliphatic heterocycles. The summed E-state index contributed by atoms with van der Waals surface area (Å²) in [6.07, 6.45) is 1.11. The van der Waals surface area contributed by atoms with Gasteiger partial charge in [-0.15, -0.1) is 0 Å². The monoisotopic (exact) mass is 446 g/mol. The van der Waals surface area contributed by atoms with E-state index in [-0.39, 0.29) is 16.9 Å². The molecule has 1 aliphatic rings. The van der Waals surface area contributed by atoms with Gasteiger partial charge in [-0.1, -0.05) is 50.6 Å². The topological polar surface area (TPSA) is 55.8 Å². The van der Waals surface area contributed by atoms with E-state index in [9.17, 15) is 9.90 Å². The summed E-state index contributed by atoms with van der Waals surface area (Å²) in [5.41, 5.74) is 1.30. The SMILES string of the molecule is COC(=O)c1cccc(C2CC(O)(c3ccc(O[Si](C)(C)C(C)(C)C)cc3Cl)C2)c1. The van der Waals surface area contributed by atoms with Crippen LogP contribution in [-0.2, 0) is 10.3 Å². The first-order valence-corrected chi connectivity index (χ1v) is 13.5. The van der Waals surface area contributed by atoms with E-state index in [0.717, 1.165) is 16.9 Å². The molecule has 4 nitrogen and oxygen atoms in total. The van der Waals surface area contributed by atoms with Crippen LogP contribution in [0, 0.1) is 0 Å². The second kappa shape index (κ2) is 8.02. The second-order valence-electron chi connectivity index (χ2n) is 9.76. The molecule has 30 heavy (non-hydrogen) atoms. The third-order valence-electron chi connectivity index (χ3n) is 6.57. The number of halogens is 1. The van der Waals surface area contributed by atoms with E-state index in [1.54, 1.807) is 6.07 Å². The lowest BCUT2D eigenvalue weighted by atomic mass is 9.65. The molecule has 1 aliphatic carbocycles. The molecule has 0 heterocycles. The molecule has 0 saturated heterocycles. The van der Waals surface area contributed by atoms with Crippen molar-refractivity contribution in [3.63, 3.8) is 0 Å². The molecule has 0 spiro atoms. The number of carbonyl (C=O) groups is 1. The average molecular weight is 447 g/mol. The molecule has 2 aromatic carbocycles. The number of esters is 1. The highest BCUT2D eigenvalue weighted by atomic mass is 35.5. The maximum atomic E-state index is 11.8. The van der Waals surface area contributed by atoms with Crippen molar-refractivity contribution in [2.75, 3.05) is 7.11 Å². The van der Waals surface area contributed by atoms with Crippen molar-refractivity contribution in [2.24, 2.45) is 0 Å². The van der Waals surface area contributed by atoms with Gasteiger partial charge in [0.1, 0.15) is 5.75 Å². The molecule has 2 aromatic rings.